The number of fused-ring (bicyclic) bond motifs is 3. The van der Waals surface area contributed by atoms with Crippen LogP contribution in [-0.2, 0) is 6.54 Å². The maximum absolute atomic E-state index is 12.8. The van der Waals surface area contributed by atoms with E-state index in [0.29, 0.717) is 29.2 Å². The Morgan fingerprint density at radius 3 is 2.50 bits per heavy atom. The van der Waals surface area contributed by atoms with Gasteiger partial charge in [0, 0.05) is 6.20 Å². The zero-order valence-electron chi connectivity index (χ0n) is 14.0. The van der Waals surface area contributed by atoms with Crippen LogP contribution in [0.2, 0.25) is 0 Å². The van der Waals surface area contributed by atoms with Crippen LogP contribution in [0.1, 0.15) is 25.2 Å². The summed E-state index contributed by atoms with van der Waals surface area (Å²) in [6.07, 6.45) is 1.67. The highest BCUT2D eigenvalue weighted by Crippen LogP contribution is 2.13. The van der Waals surface area contributed by atoms with Gasteiger partial charge in [0.05, 0.1) is 11.9 Å². The Morgan fingerprint density at radius 2 is 1.75 bits per heavy atom. The van der Waals surface area contributed by atoms with Gasteiger partial charge >= 0.3 is 0 Å². The second-order valence-corrected chi connectivity index (χ2v) is 5.13. The van der Waals surface area contributed by atoms with Crippen molar-refractivity contribution in [1.29, 1.82) is 0 Å². The van der Waals surface area contributed by atoms with Crippen molar-refractivity contribution in [3.8, 4) is 0 Å². The lowest BCUT2D eigenvalue weighted by molar-refractivity contribution is 0.764. The van der Waals surface area contributed by atoms with E-state index in [2.05, 4.69) is 15.2 Å². The Bertz CT molecular complexity index is 1030. The van der Waals surface area contributed by atoms with E-state index in [1.165, 1.54) is 0 Å². The Balaban J connectivity index is 0.000000815. The highest BCUT2D eigenvalue weighted by molar-refractivity contribution is 5.76. The molecule has 0 N–H and O–H groups in total. The lowest BCUT2D eigenvalue weighted by Gasteiger charge is -2.10. The summed E-state index contributed by atoms with van der Waals surface area (Å²) in [5.74, 6) is 1.22. The van der Waals surface area contributed by atoms with Crippen molar-refractivity contribution in [2.24, 2.45) is 0 Å². The summed E-state index contributed by atoms with van der Waals surface area (Å²) in [6.45, 7) is 6.30. The highest BCUT2D eigenvalue weighted by atomic mass is 16.1. The van der Waals surface area contributed by atoms with Crippen LogP contribution >= 0.6 is 0 Å². The summed E-state index contributed by atoms with van der Waals surface area (Å²) in [5, 5.41) is 8.83. The summed E-state index contributed by atoms with van der Waals surface area (Å²) >= 11 is 0. The average Bonchev–Trinajstić information content (AvgIpc) is 3.03. The lowest BCUT2D eigenvalue weighted by Crippen LogP contribution is -2.24. The van der Waals surface area contributed by atoms with E-state index in [4.69, 9.17) is 0 Å². The monoisotopic (exact) mass is 321 g/mol. The van der Waals surface area contributed by atoms with Gasteiger partial charge in [0.25, 0.3) is 5.56 Å². The predicted molar refractivity (Wildman–Crippen MR) is 94.2 cm³/mol. The molecule has 1 aromatic carbocycles. The van der Waals surface area contributed by atoms with E-state index in [-0.39, 0.29) is 5.56 Å². The fraction of sp³-hybridized carbons (Fsp3) is 0.222. The molecule has 0 aliphatic carbocycles. The molecule has 0 bridgehead atoms. The third-order valence-corrected chi connectivity index (χ3v) is 3.71. The van der Waals surface area contributed by atoms with E-state index < -0.39 is 0 Å². The maximum atomic E-state index is 12.8. The predicted octanol–water partition coefficient (Wildman–Crippen LogP) is 2.82. The minimum atomic E-state index is -0.105. The van der Waals surface area contributed by atoms with Crippen LogP contribution in [0, 0.1) is 6.92 Å². The topological polar surface area (TPSA) is 65.1 Å². The lowest BCUT2D eigenvalue weighted by atomic mass is 10.2. The van der Waals surface area contributed by atoms with Gasteiger partial charge < -0.3 is 0 Å². The smallest absolute Gasteiger partial charge is 0.264 e. The second-order valence-electron chi connectivity index (χ2n) is 5.13. The number of pyridine rings is 1. The van der Waals surface area contributed by atoms with Gasteiger partial charge in [-0.15, -0.1) is 10.2 Å². The first-order valence-electron chi connectivity index (χ1n) is 7.99. The molecule has 0 fully saturated rings. The molecular weight excluding hydrogens is 302 g/mol. The molecule has 0 aliphatic rings. The molecule has 24 heavy (non-hydrogen) atoms. The molecule has 3 heterocycles. The second kappa shape index (κ2) is 6.62. The molecule has 0 amide bonds. The highest BCUT2D eigenvalue weighted by Gasteiger charge is 2.15. The molecule has 4 rings (SSSR count). The van der Waals surface area contributed by atoms with Crippen LogP contribution in [0.15, 0.2) is 53.5 Å². The Labute approximate surface area is 139 Å². The minimum absolute atomic E-state index is 0.105. The van der Waals surface area contributed by atoms with Gasteiger partial charge in [-0.25, -0.2) is 9.38 Å². The molecule has 6 heteroatoms. The largest absolute Gasteiger partial charge is 0.272 e. The summed E-state index contributed by atoms with van der Waals surface area (Å²) in [5.41, 5.74) is 1.52. The van der Waals surface area contributed by atoms with Crippen LogP contribution in [0.5, 0.6) is 0 Å². The number of benzene rings is 1. The van der Waals surface area contributed by atoms with E-state index in [1.54, 1.807) is 22.9 Å². The van der Waals surface area contributed by atoms with Gasteiger partial charge in [-0.2, -0.15) is 0 Å². The van der Waals surface area contributed by atoms with Gasteiger partial charge in [0.1, 0.15) is 5.82 Å². The molecule has 0 saturated carbocycles. The first-order valence-corrected chi connectivity index (χ1v) is 7.99. The number of aromatic nitrogens is 5. The molecule has 0 unspecified atom stereocenters. The first-order chi connectivity index (χ1) is 11.8. The van der Waals surface area contributed by atoms with Crippen molar-refractivity contribution < 1.29 is 0 Å². The Morgan fingerprint density at radius 1 is 1.00 bits per heavy atom. The molecule has 122 valence electrons. The third-order valence-electron chi connectivity index (χ3n) is 3.71. The fourth-order valence-electron chi connectivity index (χ4n) is 2.66. The number of hydrogen-bond donors (Lipinski definition) is 0. The number of rotatable bonds is 2. The van der Waals surface area contributed by atoms with E-state index in [9.17, 15) is 4.79 Å². The molecule has 0 aliphatic heterocycles. The van der Waals surface area contributed by atoms with Crippen molar-refractivity contribution in [3.63, 3.8) is 0 Å². The van der Waals surface area contributed by atoms with E-state index in [0.717, 1.165) is 5.56 Å². The average molecular weight is 321 g/mol. The molecule has 6 nitrogen and oxygen atoms in total. The summed E-state index contributed by atoms with van der Waals surface area (Å²) in [4.78, 5) is 17.1. The normalized spacial score (nSPS) is 10.6. The number of aryl methyl sites for hydroxylation is 1. The van der Waals surface area contributed by atoms with Gasteiger partial charge in [0.2, 0.25) is 5.78 Å². The number of nitrogens with zero attached hydrogens (tertiary/aromatic N) is 5. The fourth-order valence-corrected chi connectivity index (χ4v) is 2.66. The maximum Gasteiger partial charge on any atom is 0.264 e. The van der Waals surface area contributed by atoms with Crippen molar-refractivity contribution >= 4 is 16.8 Å². The van der Waals surface area contributed by atoms with Crippen LogP contribution in [0.25, 0.3) is 16.8 Å². The Hall–Kier alpha value is -3.02. The minimum Gasteiger partial charge on any atom is -0.272 e. The van der Waals surface area contributed by atoms with Crippen LogP contribution < -0.4 is 5.56 Å². The SMILES string of the molecule is CC.Cc1nnc2n(Cc3ccccc3)c(=O)c3cccnc3n12. The Kier molecular flexibility index (Phi) is 4.37. The van der Waals surface area contributed by atoms with Gasteiger partial charge in [-0.1, -0.05) is 44.2 Å². The molecule has 0 saturated heterocycles. The third kappa shape index (κ3) is 2.56. The molecular formula is C18H19N5O. The molecule has 3 aromatic heterocycles. The van der Waals surface area contributed by atoms with Crippen molar-refractivity contribution in [1.82, 2.24) is 24.1 Å². The molecule has 0 atom stereocenters. The summed E-state index contributed by atoms with van der Waals surface area (Å²) in [6, 6.07) is 13.4. The van der Waals surface area contributed by atoms with Crippen LogP contribution in [-0.4, -0.2) is 24.1 Å². The van der Waals surface area contributed by atoms with Crippen molar-refractivity contribution in [2.45, 2.75) is 27.3 Å². The molecule has 4 aromatic rings. The summed E-state index contributed by atoms with van der Waals surface area (Å²) < 4.78 is 3.46. The van der Waals surface area contributed by atoms with Gasteiger partial charge in [0.15, 0.2) is 5.65 Å². The van der Waals surface area contributed by atoms with Crippen molar-refractivity contribution in [2.75, 3.05) is 0 Å². The van der Waals surface area contributed by atoms with Crippen LogP contribution in [0.3, 0.4) is 0 Å². The van der Waals surface area contributed by atoms with Gasteiger partial charge in [-0.3, -0.25) is 9.36 Å². The molecule has 0 spiro atoms. The molecule has 0 radical (unpaired) electrons. The van der Waals surface area contributed by atoms with Crippen LogP contribution in [0.4, 0.5) is 0 Å². The zero-order valence-corrected chi connectivity index (χ0v) is 14.0. The zero-order chi connectivity index (χ0) is 17.1. The standard InChI is InChI=1S/C16H13N5O.C2H6/c1-11-18-19-16-20(10-12-6-3-2-4-7-12)15(22)13-8-5-9-17-14(13)21(11)16;1-2/h2-9H,10H2,1H3;1-2H3. The van der Waals surface area contributed by atoms with E-state index in [1.807, 2.05) is 55.5 Å². The summed E-state index contributed by atoms with van der Waals surface area (Å²) in [7, 11) is 0. The quantitative estimate of drug-likeness (QED) is 0.569. The van der Waals surface area contributed by atoms with Crippen molar-refractivity contribution in [3.05, 3.63) is 70.4 Å². The number of hydrogen-bond acceptors (Lipinski definition) is 4. The first kappa shape index (κ1) is 15.9. The van der Waals surface area contributed by atoms with E-state index >= 15 is 0 Å². The van der Waals surface area contributed by atoms with Gasteiger partial charge in [-0.05, 0) is 24.6 Å².